The number of hydrogen-bond donors (Lipinski definition) is 4. The summed E-state index contributed by atoms with van der Waals surface area (Å²) in [6.07, 6.45) is 0. The van der Waals surface area contributed by atoms with Gasteiger partial charge < -0.3 is 19.9 Å². The van der Waals surface area contributed by atoms with Gasteiger partial charge in [-0.2, -0.15) is 0 Å². The highest BCUT2D eigenvalue weighted by Crippen LogP contribution is 2.26. The normalized spacial score (nSPS) is 10.8. The van der Waals surface area contributed by atoms with E-state index >= 15 is 0 Å². The number of carboxylic acids is 1. The van der Waals surface area contributed by atoms with Crippen molar-refractivity contribution >= 4 is 33.5 Å². The van der Waals surface area contributed by atoms with Crippen molar-refractivity contribution in [3.63, 3.8) is 0 Å². The van der Waals surface area contributed by atoms with Crippen molar-refractivity contribution < 1.29 is 37.4 Å². The molecule has 0 saturated heterocycles. The van der Waals surface area contributed by atoms with E-state index in [1.807, 2.05) is 10.3 Å². The zero-order valence-electron chi connectivity index (χ0n) is 16.9. The minimum atomic E-state index is -4.38. The number of hydrazine groups is 1. The predicted octanol–water partition coefficient (Wildman–Crippen LogP) is 1.37. The van der Waals surface area contributed by atoms with Gasteiger partial charge in [0, 0.05) is 18.7 Å². The maximum atomic E-state index is 12.6. The van der Waals surface area contributed by atoms with Gasteiger partial charge in [0.25, 0.3) is 15.9 Å². The Labute approximate surface area is 178 Å². The number of aromatic carboxylic acids is 1. The first kappa shape index (κ1) is 23.6. The van der Waals surface area contributed by atoms with Gasteiger partial charge >= 0.3 is 5.97 Å². The largest absolute Gasteiger partial charge is 0.495 e. The number of nitrogens with one attached hydrogen (secondary N) is 3. The number of carbonyl (C=O) groups is 3. The molecule has 0 radical (unpaired) electrons. The second kappa shape index (κ2) is 9.91. The maximum Gasteiger partial charge on any atom is 0.335 e. The second-order valence-electron chi connectivity index (χ2n) is 6.06. The lowest BCUT2D eigenvalue weighted by atomic mass is 10.1. The standard InChI is InChI=1S/C19H21N3O8S/c1-4-30-16-10-13(20-11(2)23)6-7-14(16)18(24)21-22-31(27,28)17-9-12(19(25)26)5-8-15(17)29-3/h5-10,22H,4H2,1-3H3,(H,20,23)(H,21,24)(H,25,26). The molecule has 0 aliphatic heterocycles. The quantitative estimate of drug-likeness (QED) is 0.416. The van der Waals surface area contributed by atoms with Gasteiger partial charge in [0.2, 0.25) is 5.91 Å². The summed E-state index contributed by atoms with van der Waals surface area (Å²) in [6.45, 7) is 3.23. The van der Waals surface area contributed by atoms with Crippen LogP contribution in [0, 0.1) is 0 Å². The maximum absolute atomic E-state index is 12.6. The third kappa shape index (κ3) is 5.93. The monoisotopic (exact) mass is 451 g/mol. The molecule has 0 heterocycles. The van der Waals surface area contributed by atoms with Crippen LogP contribution in [0.15, 0.2) is 41.3 Å². The number of anilines is 1. The molecule has 2 rings (SSSR count). The summed E-state index contributed by atoms with van der Waals surface area (Å²) in [5.41, 5.74) is 2.17. The van der Waals surface area contributed by atoms with Crippen molar-refractivity contribution in [1.82, 2.24) is 10.3 Å². The van der Waals surface area contributed by atoms with Gasteiger partial charge in [-0.3, -0.25) is 15.0 Å². The Kier molecular flexibility index (Phi) is 7.56. The second-order valence-corrected chi connectivity index (χ2v) is 7.71. The fourth-order valence-electron chi connectivity index (χ4n) is 2.52. The predicted molar refractivity (Wildman–Crippen MR) is 110 cm³/mol. The minimum absolute atomic E-state index is 0.00454. The van der Waals surface area contributed by atoms with Crippen LogP contribution in [-0.2, 0) is 14.8 Å². The Bertz CT molecular complexity index is 1120. The average molecular weight is 451 g/mol. The number of benzene rings is 2. The first-order valence-electron chi connectivity index (χ1n) is 8.87. The van der Waals surface area contributed by atoms with E-state index in [4.69, 9.17) is 14.6 Å². The molecule has 0 aromatic heterocycles. The summed E-state index contributed by atoms with van der Waals surface area (Å²) in [6, 6.07) is 7.51. The number of methoxy groups -OCH3 is 1. The topological polar surface area (TPSA) is 160 Å². The molecule has 12 heteroatoms. The van der Waals surface area contributed by atoms with Crippen LogP contribution in [0.1, 0.15) is 34.6 Å². The van der Waals surface area contributed by atoms with Crippen LogP contribution < -0.4 is 25.0 Å². The van der Waals surface area contributed by atoms with Crippen molar-refractivity contribution in [2.24, 2.45) is 0 Å². The average Bonchev–Trinajstić information content (AvgIpc) is 2.71. The molecule has 0 spiro atoms. The fourth-order valence-corrected chi connectivity index (χ4v) is 3.56. The molecule has 31 heavy (non-hydrogen) atoms. The molecule has 2 aromatic rings. The number of sulfonamides is 1. The third-order valence-electron chi connectivity index (χ3n) is 3.85. The van der Waals surface area contributed by atoms with Crippen LogP contribution in [0.25, 0.3) is 0 Å². The Morgan fingerprint density at radius 3 is 2.35 bits per heavy atom. The zero-order valence-corrected chi connectivity index (χ0v) is 17.7. The van der Waals surface area contributed by atoms with Crippen LogP contribution in [-0.4, -0.2) is 45.0 Å². The summed E-state index contributed by atoms with van der Waals surface area (Å²) < 4.78 is 35.6. The van der Waals surface area contributed by atoms with Crippen molar-refractivity contribution in [2.45, 2.75) is 18.7 Å². The van der Waals surface area contributed by atoms with E-state index in [9.17, 15) is 22.8 Å². The summed E-state index contributed by atoms with van der Waals surface area (Å²) in [7, 11) is -3.16. The number of rotatable bonds is 9. The van der Waals surface area contributed by atoms with E-state index < -0.39 is 26.8 Å². The van der Waals surface area contributed by atoms with Crippen LogP contribution in [0.2, 0.25) is 0 Å². The highest BCUT2D eigenvalue weighted by molar-refractivity contribution is 7.89. The molecule has 0 saturated carbocycles. The van der Waals surface area contributed by atoms with Crippen LogP contribution in [0.3, 0.4) is 0 Å². The summed E-state index contributed by atoms with van der Waals surface area (Å²) in [5.74, 6) is -2.47. The molecule has 11 nitrogen and oxygen atoms in total. The Morgan fingerprint density at radius 1 is 1.06 bits per heavy atom. The Morgan fingerprint density at radius 2 is 1.77 bits per heavy atom. The van der Waals surface area contributed by atoms with Gasteiger partial charge in [-0.05, 0) is 37.3 Å². The fraction of sp³-hybridized carbons (Fsp3) is 0.211. The van der Waals surface area contributed by atoms with Gasteiger partial charge in [0.1, 0.15) is 16.4 Å². The van der Waals surface area contributed by atoms with Crippen LogP contribution in [0.4, 0.5) is 5.69 Å². The number of ether oxygens (including phenoxy) is 2. The lowest BCUT2D eigenvalue weighted by Gasteiger charge is -2.14. The van der Waals surface area contributed by atoms with Crippen molar-refractivity contribution in [3.8, 4) is 11.5 Å². The van der Waals surface area contributed by atoms with E-state index in [1.165, 1.54) is 44.4 Å². The molecule has 0 fully saturated rings. The smallest absolute Gasteiger partial charge is 0.335 e. The van der Waals surface area contributed by atoms with E-state index in [-0.39, 0.29) is 35.1 Å². The number of carbonyl (C=O) groups excluding carboxylic acids is 2. The Hall–Kier alpha value is -3.64. The molecule has 0 aliphatic carbocycles. The molecular formula is C19H21N3O8S. The molecule has 2 amide bonds. The number of carboxylic acid groups (broad SMARTS) is 1. The third-order valence-corrected chi connectivity index (χ3v) is 5.11. The minimum Gasteiger partial charge on any atom is -0.495 e. The first-order chi connectivity index (χ1) is 14.6. The van der Waals surface area contributed by atoms with Gasteiger partial charge in [0.05, 0.1) is 24.8 Å². The Balaban J connectivity index is 2.28. The van der Waals surface area contributed by atoms with Crippen molar-refractivity contribution in [2.75, 3.05) is 19.0 Å². The molecule has 0 atom stereocenters. The number of hydrogen-bond acceptors (Lipinski definition) is 7. The molecule has 4 N–H and O–H groups in total. The van der Waals surface area contributed by atoms with Gasteiger partial charge in [-0.25, -0.2) is 13.2 Å². The van der Waals surface area contributed by atoms with E-state index in [0.29, 0.717) is 5.69 Å². The summed E-state index contributed by atoms with van der Waals surface area (Å²) in [5, 5.41) is 11.6. The SMILES string of the molecule is CCOc1cc(NC(C)=O)ccc1C(=O)NNS(=O)(=O)c1cc(C(=O)O)ccc1OC. The first-order valence-corrected chi connectivity index (χ1v) is 10.3. The molecule has 2 aromatic carbocycles. The van der Waals surface area contributed by atoms with E-state index in [2.05, 4.69) is 5.32 Å². The zero-order chi connectivity index (χ0) is 23.2. The molecule has 0 bridgehead atoms. The van der Waals surface area contributed by atoms with E-state index in [0.717, 1.165) is 6.07 Å². The van der Waals surface area contributed by atoms with Crippen molar-refractivity contribution in [1.29, 1.82) is 0 Å². The lowest BCUT2D eigenvalue weighted by molar-refractivity contribution is -0.114. The van der Waals surface area contributed by atoms with Crippen LogP contribution >= 0.6 is 0 Å². The summed E-state index contributed by atoms with van der Waals surface area (Å²) in [4.78, 5) is 36.4. The van der Waals surface area contributed by atoms with Gasteiger partial charge in [0.15, 0.2) is 0 Å². The number of amides is 2. The molecule has 166 valence electrons. The van der Waals surface area contributed by atoms with Gasteiger partial charge in [-0.15, -0.1) is 4.83 Å². The highest BCUT2D eigenvalue weighted by Gasteiger charge is 2.23. The lowest BCUT2D eigenvalue weighted by Crippen LogP contribution is -2.41. The molecule has 0 aliphatic rings. The highest BCUT2D eigenvalue weighted by atomic mass is 32.2. The van der Waals surface area contributed by atoms with Gasteiger partial charge in [-0.1, -0.05) is 0 Å². The van der Waals surface area contributed by atoms with E-state index in [1.54, 1.807) is 6.92 Å². The van der Waals surface area contributed by atoms with Crippen LogP contribution in [0.5, 0.6) is 11.5 Å². The molecule has 0 unspecified atom stereocenters. The van der Waals surface area contributed by atoms with Crippen molar-refractivity contribution in [3.05, 3.63) is 47.5 Å². The summed E-state index contributed by atoms with van der Waals surface area (Å²) >= 11 is 0. The molecular weight excluding hydrogens is 430 g/mol.